The second-order valence-corrected chi connectivity index (χ2v) is 14.8. The van der Waals surface area contributed by atoms with E-state index in [9.17, 15) is 19.2 Å². The van der Waals surface area contributed by atoms with Gasteiger partial charge in [0.1, 0.15) is 30.0 Å². The molecule has 2 heterocycles. The summed E-state index contributed by atoms with van der Waals surface area (Å²) in [4.78, 5) is 61.9. The van der Waals surface area contributed by atoms with Gasteiger partial charge in [-0.1, -0.05) is 56.0 Å². The van der Waals surface area contributed by atoms with Crippen LogP contribution in [0.1, 0.15) is 101 Å². The van der Waals surface area contributed by atoms with E-state index in [-0.39, 0.29) is 49.2 Å². The first kappa shape index (κ1) is 38.4. The highest BCUT2D eigenvalue weighted by atomic mass is 16.6. The number of rotatable bonds is 18. The van der Waals surface area contributed by atoms with Crippen LogP contribution in [0.5, 0.6) is 5.75 Å². The van der Waals surface area contributed by atoms with Crippen molar-refractivity contribution in [3.05, 3.63) is 60.5 Å². The zero-order chi connectivity index (χ0) is 37.0. The summed E-state index contributed by atoms with van der Waals surface area (Å²) < 4.78 is 23.9. The molecule has 2 aromatic carbocycles. The minimum absolute atomic E-state index is 0.0344. The Balaban J connectivity index is 1.21. The smallest absolute Gasteiger partial charge is 0.408 e. The lowest BCUT2D eigenvalue weighted by Crippen LogP contribution is -2.54. The van der Waals surface area contributed by atoms with E-state index in [1.165, 1.54) is 24.2 Å². The second kappa shape index (κ2) is 19.2. The molecule has 3 aromatic rings. The standard InChI is InChI=1S/C41H54N4O8/c42-22-12-11-15-29(38(47)39-43-33-20-9-10-21-37(33)53-39)23-36(46)35-24-32(50-26-28-13-3-1-4-14-28)25-45(35)40(48)34(27-51-30-16-5-2-6-17-30)44-41(49)52-31-18-7-8-19-31/h2,5-6,9-10,16-17,20-21,28-29,31-32,34-35H,1,3-4,7-8,11-15,18-19,22-27,42H2,(H,44,49)/t29-,32-,34-,35+/m1/s1. The summed E-state index contributed by atoms with van der Waals surface area (Å²) >= 11 is 0. The quantitative estimate of drug-likeness (QED) is 0.111. The van der Waals surface area contributed by atoms with Crippen LogP contribution >= 0.6 is 0 Å². The lowest BCUT2D eigenvalue weighted by atomic mass is 9.89. The number of nitrogens with one attached hydrogen (secondary N) is 1. The summed E-state index contributed by atoms with van der Waals surface area (Å²) in [5, 5.41) is 2.76. The number of carbonyl (C=O) groups excluding carboxylic acids is 4. The van der Waals surface area contributed by atoms with E-state index < -0.39 is 30.0 Å². The average molecular weight is 731 g/mol. The van der Waals surface area contributed by atoms with Crippen LogP contribution in [0.15, 0.2) is 59.0 Å². The highest BCUT2D eigenvalue weighted by Crippen LogP contribution is 2.30. The Morgan fingerprint density at radius 1 is 0.906 bits per heavy atom. The molecule has 6 rings (SSSR count). The second-order valence-electron chi connectivity index (χ2n) is 14.8. The molecule has 2 amide bonds. The number of oxazole rings is 1. The van der Waals surface area contributed by atoms with Gasteiger partial charge in [0.25, 0.3) is 5.89 Å². The van der Waals surface area contributed by atoms with Crippen LogP contribution in [0, 0.1) is 11.8 Å². The van der Waals surface area contributed by atoms with Crippen molar-refractivity contribution in [2.45, 2.75) is 114 Å². The van der Waals surface area contributed by atoms with E-state index in [1.807, 2.05) is 30.3 Å². The molecule has 2 saturated carbocycles. The summed E-state index contributed by atoms with van der Waals surface area (Å²) in [6.45, 7) is 1.05. The van der Waals surface area contributed by atoms with E-state index >= 15 is 0 Å². The molecule has 4 atom stereocenters. The number of aromatic nitrogens is 1. The largest absolute Gasteiger partial charge is 0.491 e. The maximum Gasteiger partial charge on any atom is 0.408 e. The van der Waals surface area contributed by atoms with Crippen LogP contribution in [0.4, 0.5) is 4.79 Å². The van der Waals surface area contributed by atoms with Crippen molar-refractivity contribution < 1.29 is 37.8 Å². The van der Waals surface area contributed by atoms with Gasteiger partial charge in [-0.05, 0) is 88.1 Å². The van der Waals surface area contributed by atoms with Gasteiger partial charge in [0.2, 0.25) is 11.7 Å². The number of alkyl carbamates (subject to hydrolysis) is 1. The van der Waals surface area contributed by atoms with Crippen LogP contribution in [0.25, 0.3) is 11.1 Å². The van der Waals surface area contributed by atoms with Gasteiger partial charge in [-0.3, -0.25) is 14.4 Å². The normalized spacial score (nSPS) is 20.7. The number of ether oxygens (including phenoxy) is 3. The topological polar surface area (TPSA) is 163 Å². The number of benzene rings is 2. The Morgan fingerprint density at radius 3 is 2.40 bits per heavy atom. The van der Waals surface area contributed by atoms with Crippen molar-refractivity contribution in [3.8, 4) is 5.75 Å². The molecule has 286 valence electrons. The SMILES string of the molecule is NCCCC[C@H](CC(=O)[C@@H]1C[C@@H](OCC2CCCCC2)CN1C(=O)[C@@H](COc1ccccc1)NC(=O)OC1CCCC1)C(=O)c1nc2ccccc2o1. The number of likely N-dealkylation sites (tertiary alicyclic amines) is 1. The zero-order valence-corrected chi connectivity index (χ0v) is 30.6. The fourth-order valence-corrected chi connectivity index (χ4v) is 7.89. The maximum atomic E-state index is 14.5. The monoisotopic (exact) mass is 730 g/mol. The molecule has 12 heteroatoms. The van der Waals surface area contributed by atoms with Crippen molar-refractivity contribution in [1.29, 1.82) is 0 Å². The third-order valence-electron chi connectivity index (χ3n) is 10.9. The fourth-order valence-electron chi connectivity index (χ4n) is 7.89. The summed E-state index contributed by atoms with van der Waals surface area (Å²) in [5.41, 5.74) is 6.85. The van der Waals surface area contributed by atoms with Gasteiger partial charge in [0.05, 0.1) is 12.1 Å². The minimum atomic E-state index is -1.13. The van der Waals surface area contributed by atoms with E-state index in [4.69, 9.17) is 24.4 Å². The first-order chi connectivity index (χ1) is 25.9. The van der Waals surface area contributed by atoms with E-state index in [0.717, 1.165) is 38.5 Å². The third kappa shape index (κ3) is 10.7. The Kier molecular flexibility index (Phi) is 13.9. The molecule has 1 aliphatic heterocycles. The van der Waals surface area contributed by atoms with Crippen molar-refractivity contribution in [2.75, 3.05) is 26.3 Å². The van der Waals surface area contributed by atoms with Crippen molar-refractivity contribution in [2.24, 2.45) is 17.6 Å². The predicted octanol–water partition coefficient (Wildman–Crippen LogP) is 6.40. The van der Waals surface area contributed by atoms with Gasteiger partial charge in [-0.2, -0.15) is 0 Å². The fraction of sp³-hybridized carbons (Fsp3) is 0.585. The average Bonchev–Trinajstić information content (AvgIpc) is 3.96. The van der Waals surface area contributed by atoms with Gasteiger partial charge in [0, 0.05) is 31.9 Å². The number of unbranched alkanes of at least 4 members (excludes halogenated alkanes) is 1. The highest BCUT2D eigenvalue weighted by molar-refractivity contribution is 6.00. The lowest BCUT2D eigenvalue weighted by molar-refractivity contribution is -0.140. The molecule has 3 N–H and O–H groups in total. The van der Waals surface area contributed by atoms with E-state index in [2.05, 4.69) is 10.3 Å². The summed E-state index contributed by atoms with van der Waals surface area (Å²) in [6.07, 6.45) is 10.0. The molecule has 1 aromatic heterocycles. The molecule has 12 nitrogen and oxygen atoms in total. The Hall–Kier alpha value is -4.29. The number of carbonyl (C=O) groups is 4. The Bertz CT molecular complexity index is 1620. The Labute approximate surface area is 311 Å². The lowest BCUT2D eigenvalue weighted by Gasteiger charge is -2.29. The highest BCUT2D eigenvalue weighted by Gasteiger charge is 2.44. The summed E-state index contributed by atoms with van der Waals surface area (Å²) in [6, 6.07) is 14.2. The van der Waals surface area contributed by atoms with Gasteiger partial charge < -0.3 is 34.6 Å². The van der Waals surface area contributed by atoms with Crippen molar-refractivity contribution in [1.82, 2.24) is 15.2 Å². The molecule has 53 heavy (non-hydrogen) atoms. The molecule has 0 bridgehead atoms. The van der Waals surface area contributed by atoms with Crippen molar-refractivity contribution in [3.63, 3.8) is 0 Å². The number of para-hydroxylation sites is 3. The molecule has 2 aliphatic carbocycles. The third-order valence-corrected chi connectivity index (χ3v) is 10.9. The van der Waals surface area contributed by atoms with Crippen LogP contribution in [-0.4, -0.2) is 84.0 Å². The van der Waals surface area contributed by atoms with Crippen LogP contribution in [0.2, 0.25) is 0 Å². The van der Waals surface area contributed by atoms with Crippen LogP contribution < -0.4 is 15.8 Å². The number of nitrogens with two attached hydrogens (primary N) is 1. The number of fused-ring (bicyclic) bond motifs is 1. The van der Waals surface area contributed by atoms with Gasteiger partial charge in [-0.15, -0.1) is 0 Å². The number of hydrogen-bond acceptors (Lipinski definition) is 10. The zero-order valence-electron chi connectivity index (χ0n) is 30.6. The van der Waals surface area contributed by atoms with Crippen LogP contribution in [-0.2, 0) is 19.1 Å². The molecule has 0 spiro atoms. The van der Waals surface area contributed by atoms with Crippen molar-refractivity contribution >= 4 is 34.7 Å². The molecule has 3 fully saturated rings. The van der Waals surface area contributed by atoms with Gasteiger partial charge in [-0.25, -0.2) is 9.78 Å². The van der Waals surface area contributed by atoms with Gasteiger partial charge >= 0.3 is 6.09 Å². The molecular weight excluding hydrogens is 676 g/mol. The first-order valence-corrected chi connectivity index (χ1v) is 19.6. The molecular formula is C41H54N4O8. The number of amides is 2. The molecule has 1 saturated heterocycles. The van der Waals surface area contributed by atoms with Gasteiger partial charge in [0.15, 0.2) is 11.4 Å². The predicted molar refractivity (Wildman–Crippen MR) is 198 cm³/mol. The minimum Gasteiger partial charge on any atom is -0.491 e. The molecule has 0 radical (unpaired) electrons. The molecule has 3 aliphatic rings. The number of nitrogens with zero attached hydrogens (tertiary/aromatic N) is 2. The number of ketones is 2. The number of Topliss-reactive ketones (excluding diaryl/α,β-unsaturated/α-hetero) is 2. The van der Waals surface area contributed by atoms with Crippen LogP contribution in [0.3, 0.4) is 0 Å². The van der Waals surface area contributed by atoms with E-state index in [0.29, 0.717) is 61.6 Å². The number of hydrogen-bond donors (Lipinski definition) is 2. The summed E-state index contributed by atoms with van der Waals surface area (Å²) in [7, 11) is 0. The maximum absolute atomic E-state index is 14.5. The first-order valence-electron chi connectivity index (χ1n) is 19.6. The van der Waals surface area contributed by atoms with E-state index in [1.54, 1.807) is 24.3 Å². The molecule has 0 unspecified atom stereocenters. The Morgan fingerprint density at radius 2 is 1.64 bits per heavy atom. The summed E-state index contributed by atoms with van der Waals surface area (Å²) in [5.74, 6) is -0.819.